The van der Waals surface area contributed by atoms with E-state index in [0.717, 1.165) is 27.0 Å². The van der Waals surface area contributed by atoms with Crippen LogP contribution in [0.4, 0.5) is 0 Å². The van der Waals surface area contributed by atoms with Crippen LogP contribution in [0.3, 0.4) is 0 Å². The van der Waals surface area contributed by atoms with Crippen molar-refractivity contribution in [3.05, 3.63) is 52.0 Å². The summed E-state index contributed by atoms with van der Waals surface area (Å²) < 4.78 is 2.90. The predicted octanol–water partition coefficient (Wildman–Crippen LogP) is 4.58. The molecule has 0 amide bonds. The largest absolute Gasteiger partial charge is 0.294 e. The van der Waals surface area contributed by atoms with Gasteiger partial charge < -0.3 is 0 Å². The monoisotopic (exact) mass is 355 g/mol. The van der Waals surface area contributed by atoms with Crippen molar-refractivity contribution in [2.24, 2.45) is 0 Å². The van der Waals surface area contributed by atoms with E-state index < -0.39 is 0 Å². The second kappa shape index (κ2) is 5.12. The Bertz CT molecular complexity index is 755. The molecule has 0 aliphatic heterocycles. The summed E-state index contributed by atoms with van der Waals surface area (Å²) in [5.74, 6) is 1.09. The summed E-state index contributed by atoms with van der Waals surface area (Å²) in [6, 6.07) is 7.54. The van der Waals surface area contributed by atoms with Crippen LogP contribution >= 0.6 is 39.1 Å². The van der Waals surface area contributed by atoms with Crippen molar-refractivity contribution in [3.8, 4) is 5.69 Å². The van der Waals surface area contributed by atoms with E-state index in [1.54, 1.807) is 12.4 Å². The molecule has 0 fully saturated rings. The number of aromatic nitrogens is 3. The number of benzene rings is 1. The SMILES string of the molecule is ClCc1nc2cnccc2n1-c1ccc(Cl)cc1Br. The zero-order valence-corrected chi connectivity index (χ0v) is 12.7. The van der Waals surface area contributed by atoms with Crippen molar-refractivity contribution >= 4 is 50.2 Å². The normalized spacial score (nSPS) is 11.1. The number of alkyl halides is 1. The average molecular weight is 357 g/mol. The first-order valence-electron chi connectivity index (χ1n) is 5.53. The molecule has 0 unspecified atom stereocenters. The number of hydrogen-bond acceptors (Lipinski definition) is 2. The number of pyridine rings is 1. The van der Waals surface area contributed by atoms with Crippen LogP contribution in [0.1, 0.15) is 5.82 Å². The molecule has 3 nitrogen and oxygen atoms in total. The van der Waals surface area contributed by atoms with Gasteiger partial charge in [0, 0.05) is 15.7 Å². The van der Waals surface area contributed by atoms with Crippen LogP contribution in [-0.4, -0.2) is 14.5 Å². The van der Waals surface area contributed by atoms with Crippen LogP contribution in [0.2, 0.25) is 5.02 Å². The molecule has 0 saturated carbocycles. The Morgan fingerprint density at radius 1 is 1.26 bits per heavy atom. The van der Waals surface area contributed by atoms with Crippen LogP contribution in [-0.2, 0) is 5.88 Å². The second-order valence-electron chi connectivity index (χ2n) is 3.96. The van der Waals surface area contributed by atoms with E-state index in [-0.39, 0.29) is 0 Å². The van der Waals surface area contributed by atoms with Gasteiger partial charge in [-0.25, -0.2) is 4.98 Å². The topological polar surface area (TPSA) is 30.7 Å². The molecular formula is C13H8BrCl2N3. The molecule has 3 aromatic rings. The molecule has 0 bridgehead atoms. The Kier molecular flexibility index (Phi) is 3.48. The van der Waals surface area contributed by atoms with E-state index in [0.29, 0.717) is 10.9 Å². The lowest BCUT2D eigenvalue weighted by atomic mass is 10.3. The molecular weight excluding hydrogens is 349 g/mol. The van der Waals surface area contributed by atoms with Crippen molar-refractivity contribution in [1.82, 2.24) is 14.5 Å². The third-order valence-electron chi connectivity index (χ3n) is 2.80. The Balaban J connectivity index is 2.34. The maximum Gasteiger partial charge on any atom is 0.129 e. The molecule has 96 valence electrons. The van der Waals surface area contributed by atoms with Crippen LogP contribution < -0.4 is 0 Å². The zero-order chi connectivity index (χ0) is 13.4. The van der Waals surface area contributed by atoms with E-state index in [1.165, 1.54) is 0 Å². The van der Waals surface area contributed by atoms with Gasteiger partial charge in [0.05, 0.1) is 23.3 Å². The lowest BCUT2D eigenvalue weighted by Gasteiger charge is -2.10. The maximum absolute atomic E-state index is 5.99. The van der Waals surface area contributed by atoms with Gasteiger partial charge in [-0.1, -0.05) is 11.6 Å². The Hall–Kier alpha value is -1.10. The van der Waals surface area contributed by atoms with Gasteiger partial charge in [0.1, 0.15) is 11.3 Å². The molecule has 0 N–H and O–H groups in total. The highest BCUT2D eigenvalue weighted by Crippen LogP contribution is 2.29. The van der Waals surface area contributed by atoms with Gasteiger partial charge in [-0.05, 0) is 40.2 Å². The minimum absolute atomic E-state index is 0.323. The number of halogens is 3. The molecule has 2 heterocycles. The van der Waals surface area contributed by atoms with Crippen LogP contribution in [0.5, 0.6) is 0 Å². The molecule has 19 heavy (non-hydrogen) atoms. The van der Waals surface area contributed by atoms with Gasteiger partial charge in [-0.15, -0.1) is 11.6 Å². The number of fused-ring (bicyclic) bond motifs is 1. The van der Waals surface area contributed by atoms with Gasteiger partial charge >= 0.3 is 0 Å². The fraction of sp³-hybridized carbons (Fsp3) is 0.0769. The van der Waals surface area contributed by atoms with Crippen molar-refractivity contribution in [3.63, 3.8) is 0 Å². The quantitative estimate of drug-likeness (QED) is 0.629. The lowest BCUT2D eigenvalue weighted by Crippen LogP contribution is -2.00. The van der Waals surface area contributed by atoms with Crippen molar-refractivity contribution < 1.29 is 0 Å². The third kappa shape index (κ3) is 2.24. The van der Waals surface area contributed by atoms with Crippen molar-refractivity contribution in [2.75, 3.05) is 0 Å². The number of nitrogens with zero attached hydrogens (tertiary/aromatic N) is 3. The first kappa shape index (κ1) is 12.9. The maximum atomic E-state index is 5.99. The fourth-order valence-electron chi connectivity index (χ4n) is 2.00. The van der Waals surface area contributed by atoms with Crippen LogP contribution in [0.15, 0.2) is 41.1 Å². The van der Waals surface area contributed by atoms with Crippen LogP contribution in [0, 0.1) is 0 Å². The molecule has 1 aromatic carbocycles. The lowest BCUT2D eigenvalue weighted by molar-refractivity contribution is 0.977. The zero-order valence-electron chi connectivity index (χ0n) is 9.65. The summed E-state index contributed by atoms with van der Waals surface area (Å²) >= 11 is 15.5. The molecule has 2 aromatic heterocycles. The van der Waals surface area contributed by atoms with E-state index in [4.69, 9.17) is 23.2 Å². The molecule has 6 heteroatoms. The minimum Gasteiger partial charge on any atom is -0.294 e. The second-order valence-corrected chi connectivity index (χ2v) is 5.52. The molecule has 3 rings (SSSR count). The average Bonchev–Trinajstić information content (AvgIpc) is 2.77. The summed E-state index contributed by atoms with van der Waals surface area (Å²) in [6.07, 6.45) is 3.47. The molecule has 0 aliphatic carbocycles. The van der Waals surface area contributed by atoms with Crippen molar-refractivity contribution in [1.29, 1.82) is 0 Å². The minimum atomic E-state index is 0.323. The highest BCUT2D eigenvalue weighted by atomic mass is 79.9. The number of rotatable bonds is 2. The highest BCUT2D eigenvalue weighted by molar-refractivity contribution is 9.10. The standard InChI is InChI=1S/C13H8BrCl2N3/c14-9-5-8(16)1-2-11(9)19-12-3-4-17-7-10(12)18-13(19)6-15/h1-5,7H,6H2. The first-order chi connectivity index (χ1) is 9.20. The Labute approximate surface area is 128 Å². The van der Waals surface area contributed by atoms with Gasteiger partial charge in [0.25, 0.3) is 0 Å². The highest BCUT2D eigenvalue weighted by Gasteiger charge is 2.13. The summed E-state index contributed by atoms with van der Waals surface area (Å²) in [4.78, 5) is 8.57. The first-order valence-corrected chi connectivity index (χ1v) is 7.24. The third-order valence-corrected chi connectivity index (χ3v) is 3.91. The van der Waals surface area contributed by atoms with E-state index >= 15 is 0 Å². The van der Waals surface area contributed by atoms with Gasteiger partial charge in [-0.3, -0.25) is 9.55 Å². The Morgan fingerprint density at radius 2 is 2.11 bits per heavy atom. The molecule has 0 atom stereocenters. The summed E-state index contributed by atoms with van der Waals surface area (Å²) in [7, 11) is 0. The van der Waals surface area contributed by atoms with Gasteiger partial charge in [0.15, 0.2) is 0 Å². The summed E-state index contributed by atoms with van der Waals surface area (Å²) in [6.45, 7) is 0. The predicted molar refractivity (Wildman–Crippen MR) is 81.1 cm³/mol. The summed E-state index contributed by atoms with van der Waals surface area (Å²) in [5.41, 5.74) is 2.74. The molecule has 0 radical (unpaired) electrons. The van der Waals surface area contributed by atoms with Crippen molar-refractivity contribution in [2.45, 2.75) is 5.88 Å². The fourth-order valence-corrected chi connectivity index (χ4v) is 3.04. The van der Waals surface area contributed by atoms with E-state index in [2.05, 4.69) is 25.9 Å². The van der Waals surface area contributed by atoms with E-state index in [9.17, 15) is 0 Å². The van der Waals surface area contributed by atoms with Gasteiger partial charge in [0.2, 0.25) is 0 Å². The van der Waals surface area contributed by atoms with Gasteiger partial charge in [-0.2, -0.15) is 0 Å². The molecule has 0 aliphatic rings. The smallest absolute Gasteiger partial charge is 0.129 e. The molecule has 0 spiro atoms. The van der Waals surface area contributed by atoms with E-state index in [1.807, 2.05) is 28.8 Å². The number of hydrogen-bond donors (Lipinski definition) is 0. The summed E-state index contributed by atoms with van der Waals surface area (Å²) in [5, 5.41) is 0.675. The Morgan fingerprint density at radius 3 is 2.84 bits per heavy atom. The van der Waals surface area contributed by atoms with Crippen LogP contribution in [0.25, 0.3) is 16.7 Å². The molecule has 0 saturated heterocycles. The number of imidazole rings is 1.